The van der Waals surface area contributed by atoms with E-state index in [9.17, 15) is 0 Å². The number of para-hydroxylation sites is 2. The molecule has 0 saturated heterocycles. The van der Waals surface area contributed by atoms with E-state index in [4.69, 9.17) is 9.15 Å². The molecule has 1 aromatic heterocycles. The fourth-order valence-electron chi connectivity index (χ4n) is 10.3. The molecule has 0 unspecified atom stereocenters. The van der Waals surface area contributed by atoms with E-state index in [0.717, 1.165) is 78.0 Å². The number of ether oxygens (including phenoxy) is 1. The number of anilines is 3. The van der Waals surface area contributed by atoms with Gasteiger partial charge in [-0.15, -0.1) is 0 Å². The molecule has 13 rings (SSSR count). The lowest BCUT2D eigenvalue weighted by atomic mass is 9.66. The Hall–Kier alpha value is -7.88. The molecule has 60 heavy (non-hydrogen) atoms. The fraction of sp³-hybridized carbons (Fsp3) is 0.0175. The molecular weight excluding hydrogens is 731 g/mol. The van der Waals surface area contributed by atoms with E-state index in [1.54, 1.807) is 0 Å². The highest BCUT2D eigenvalue weighted by atomic mass is 16.5. The minimum atomic E-state index is -0.477. The maximum Gasteiger partial charge on any atom is 0.143 e. The number of fused-ring (bicyclic) bond motifs is 15. The van der Waals surface area contributed by atoms with Crippen molar-refractivity contribution in [2.45, 2.75) is 5.41 Å². The van der Waals surface area contributed by atoms with Gasteiger partial charge in [-0.3, -0.25) is 0 Å². The van der Waals surface area contributed by atoms with Gasteiger partial charge >= 0.3 is 0 Å². The first-order valence-corrected chi connectivity index (χ1v) is 20.6. The summed E-state index contributed by atoms with van der Waals surface area (Å²) in [5.74, 6) is 1.78. The SMILES string of the molecule is c1ccc2c(c1)Oc1cc(-c3ccc(N(c4ccc5c(ccc6c7ccccc7oc56)c4)c4cccc5ccccc45)cc3)ccc1C21c2ccccc2-c2ccccc21. The molecule has 0 saturated carbocycles. The summed E-state index contributed by atoms with van der Waals surface area (Å²) >= 11 is 0. The molecule has 0 N–H and O–H groups in total. The van der Waals surface area contributed by atoms with E-state index in [-0.39, 0.29) is 0 Å². The van der Waals surface area contributed by atoms with Gasteiger partial charge in [0.2, 0.25) is 0 Å². The average molecular weight is 766 g/mol. The highest BCUT2D eigenvalue weighted by Gasteiger charge is 2.50. The van der Waals surface area contributed by atoms with Crippen LogP contribution in [0.3, 0.4) is 0 Å². The van der Waals surface area contributed by atoms with E-state index in [1.807, 2.05) is 12.1 Å². The van der Waals surface area contributed by atoms with Gasteiger partial charge in [-0.2, -0.15) is 0 Å². The van der Waals surface area contributed by atoms with Crippen LogP contribution in [0.1, 0.15) is 22.3 Å². The van der Waals surface area contributed by atoms with Crippen molar-refractivity contribution < 1.29 is 9.15 Å². The number of nitrogens with zero attached hydrogens (tertiary/aromatic N) is 1. The van der Waals surface area contributed by atoms with Gasteiger partial charge < -0.3 is 14.1 Å². The molecule has 3 heteroatoms. The van der Waals surface area contributed by atoms with Gasteiger partial charge in [-0.1, -0.05) is 152 Å². The van der Waals surface area contributed by atoms with E-state index in [1.165, 1.54) is 38.6 Å². The molecule has 0 fully saturated rings. The maximum atomic E-state index is 6.84. The molecule has 3 nitrogen and oxygen atoms in total. The molecule has 2 aliphatic rings. The first-order valence-electron chi connectivity index (χ1n) is 20.6. The van der Waals surface area contributed by atoms with Crippen molar-refractivity contribution in [2.24, 2.45) is 0 Å². The summed E-state index contributed by atoms with van der Waals surface area (Å²) in [5.41, 5.74) is 14.3. The van der Waals surface area contributed by atoms with Crippen LogP contribution >= 0.6 is 0 Å². The van der Waals surface area contributed by atoms with Gasteiger partial charge in [0.15, 0.2) is 0 Å². The van der Waals surface area contributed by atoms with Crippen molar-refractivity contribution in [3.8, 4) is 33.8 Å². The molecule has 0 amide bonds. The summed E-state index contributed by atoms with van der Waals surface area (Å²) in [6.45, 7) is 0. The average Bonchev–Trinajstić information content (AvgIpc) is 3.84. The molecule has 0 bridgehead atoms. The number of benzene rings is 10. The van der Waals surface area contributed by atoms with Crippen molar-refractivity contribution in [1.29, 1.82) is 0 Å². The molecule has 1 spiro atoms. The van der Waals surface area contributed by atoms with E-state index in [2.05, 4.69) is 205 Å². The smallest absolute Gasteiger partial charge is 0.143 e. The van der Waals surface area contributed by atoms with E-state index >= 15 is 0 Å². The lowest BCUT2D eigenvalue weighted by Gasteiger charge is -2.39. The van der Waals surface area contributed by atoms with Gasteiger partial charge in [-0.05, 0) is 105 Å². The predicted molar refractivity (Wildman–Crippen MR) is 246 cm³/mol. The Kier molecular flexibility index (Phi) is 6.93. The summed E-state index contributed by atoms with van der Waals surface area (Å²) < 4.78 is 13.3. The van der Waals surface area contributed by atoms with Crippen molar-refractivity contribution in [3.05, 3.63) is 235 Å². The molecule has 2 heterocycles. The van der Waals surface area contributed by atoms with Gasteiger partial charge in [0.1, 0.15) is 22.7 Å². The minimum absolute atomic E-state index is 0.477. The third-order valence-electron chi connectivity index (χ3n) is 12.9. The highest BCUT2D eigenvalue weighted by molar-refractivity contribution is 6.15. The molecule has 10 aromatic carbocycles. The quantitative estimate of drug-likeness (QED) is 0.178. The first-order chi connectivity index (χ1) is 29.7. The molecule has 0 radical (unpaired) electrons. The van der Waals surface area contributed by atoms with Gasteiger partial charge in [0, 0.05) is 44.0 Å². The number of hydrogen-bond acceptors (Lipinski definition) is 3. The van der Waals surface area contributed by atoms with Crippen LogP contribution < -0.4 is 9.64 Å². The van der Waals surface area contributed by atoms with Gasteiger partial charge in [0.25, 0.3) is 0 Å². The second-order valence-electron chi connectivity index (χ2n) is 16.0. The lowest BCUT2D eigenvalue weighted by molar-refractivity contribution is 0.436. The Morgan fingerprint density at radius 3 is 1.83 bits per heavy atom. The number of rotatable bonds is 4. The zero-order chi connectivity index (χ0) is 39.4. The standard InChI is InChI=1S/C57H35NO2/c1-2-14-42-37(12-1)13-11-21-52(42)58(41-30-32-43-39(34-41)26-31-47-46-17-5-9-22-53(46)60-56(43)47)40-28-24-36(25-29-40)38-27-33-51-55(35-38)59-54-23-10-8-20-50(54)57(51)48-18-6-3-15-44(48)45-16-4-7-19-49(45)57/h1-35H. The Morgan fingerprint density at radius 2 is 1.00 bits per heavy atom. The van der Waals surface area contributed by atoms with Crippen molar-refractivity contribution in [1.82, 2.24) is 0 Å². The Bertz CT molecular complexity index is 3490. The number of hydrogen-bond donors (Lipinski definition) is 0. The molecule has 11 aromatic rings. The van der Waals surface area contributed by atoms with E-state index < -0.39 is 5.41 Å². The summed E-state index contributed by atoms with van der Waals surface area (Å²) in [4.78, 5) is 2.38. The summed E-state index contributed by atoms with van der Waals surface area (Å²) in [7, 11) is 0. The van der Waals surface area contributed by atoms with Crippen LogP contribution in [0.5, 0.6) is 11.5 Å². The topological polar surface area (TPSA) is 25.6 Å². The molecule has 1 aliphatic carbocycles. The summed E-state index contributed by atoms with van der Waals surface area (Å²) in [6.07, 6.45) is 0. The Labute approximate surface area is 347 Å². The van der Waals surface area contributed by atoms with Gasteiger partial charge in [0.05, 0.1) is 11.1 Å². The maximum absolute atomic E-state index is 6.84. The van der Waals surface area contributed by atoms with Crippen molar-refractivity contribution in [2.75, 3.05) is 4.90 Å². The third-order valence-corrected chi connectivity index (χ3v) is 12.9. The van der Waals surface area contributed by atoms with Crippen LogP contribution in [0.15, 0.2) is 217 Å². The zero-order valence-electron chi connectivity index (χ0n) is 32.5. The van der Waals surface area contributed by atoms with Crippen LogP contribution in [0.25, 0.3) is 65.7 Å². The molecule has 0 atom stereocenters. The fourth-order valence-corrected chi connectivity index (χ4v) is 10.3. The largest absolute Gasteiger partial charge is 0.457 e. The minimum Gasteiger partial charge on any atom is -0.457 e. The first kappa shape index (κ1) is 33.1. The monoisotopic (exact) mass is 765 g/mol. The van der Waals surface area contributed by atoms with Crippen LogP contribution in [0.4, 0.5) is 17.1 Å². The highest BCUT2D eigenvalue weighted by Crippen LogP contribution is 2.62. The Morgan fingerprint density at radius 1 is 0.367 bits per heavy atom. The van der Waals surface area contributed by atoms with Crippen LogP contribution in [-0.2, 0) is 5.41 Å². The Balaban J connectivity index is 0.942. The van der Waals surface area contributed by atoms with Gasteiger partial charge in [-0.25, -0.2) is 0 Å². The molecule has 1 aliphatic heterocycles. The van der Waals surface area contributed by atoms with Crippen molar-refractivity contribution >= 4 is 60.5 Å². The van der Waals surface area contributed by atoms with Crippen molar-refractivity contribution in [3.63, 3.8) is 0 Å². The molecule has 280 valence electrons. The third kappa shape index (κ3) is 4.60. The zero-order valence-corrected chi connectivity index (χ0v) is 32.5. The predicted octanol–water partition coefficient (Wildman–Crippen LogP) is 15.5. The summed E-state index contributed by atoms with van der Waals surface area (Å²) in [5, 5.41) is 6.89. The van der Waals surface area contributed by atoms with Crippen LogP contribution in [0.2, 0.25) is 0 Å². The summed E-state index contributed by atoms with van der Waals surface area (Å²) in [6, 6.07) is 76.6. The molecular formula is C57H35NO2. The van der Waals surface area contributed by atoms with E-state index in [0.29, 0.717) is 0 Å². The lowest BCUT2D eigenvalue weighted by Crippen LogP contribution is -2.32. The second-order valence-corrected chi connectivity index (χ2v) is 16.0. The normalized spacial score (nSPS) is 13.3. The second kappa shape index (κ2) is 12.6. The number of furan rings is 1. The van der Waals surface area contributed by atoms with Crippen LogP contribution in [0, 0.1) is 0 Å². The van der Waals surface area contributed by atoms with Crippen LogP contribution in [-0.4, -0.2) is 0 Å².